The van der Waals surface area contributed by atoms with E-state index in [9.17, 15) is 0 Å². The SMILES string of the molecule is CC[C@H](N)c1ccc(O)c(O)c1. The van der Waals surface area contributed by atoms with Gasteiger partial charge in [0.25, 0.3) is 0 Å². The van der Waals surface area contributed by atoms with Gasteiger partial charge in [-0.3, -0.25) is 0 Å². The third-order valence-electron chi connectivity index (χ3n) is 1.87. The predicted octanol–water partition coefficient (Wildman–Crippen LogP) is 1.51. The van der Waals surface area contributed by atoms with Crippen LogP contribution >= 0.6 is 0 Å². The number of hydrogen-bond donors (Lipinski definition) is 3. The third kappa shape index (κ3) is 1.68. The molecule has 4 N–H and O–H groups in total. The smallest absolute Gasteiger partial charge is 0.157 e. The van der Waals surface area contributed by atoms with Crippen LogP contribution in [-0.2, 0) is 0 Å². The van der Waals surface area contributed by atoms with Crippen LogP contribution in [0.5, 0.6) is 11.5 Å². The van der Waals surface area contributed by atoms with E-state index in [0.29, 0.717) is 0 Å². The van der Waals surface area contributed by atoms with Gasteiger partial charge in [0.1, 0.15) is 0 Å². The minimum Gasteiger partial charge on any atom is -0.504 e. The van der Waals surface area contributed by atoms with Gasteiger partial charge in [0.2, 0.25) is 0 Å². The van der Waals surface area contributed by atoms with E-state index in [2.05, 4.69) is 0 Å². The fourth-order valence-electron chi connectivity index (χ4n) is 1.01. The summed E-state index contributed by atoms with van der Waals surface area (Å²) in [4.78, 5) is 0. The molecule has 0 amide bonds. The number of hydrogen-bond acceptors (Lipinski definition) is 3. The van der Waals surface area contributed by atoms with Gasteiger partial charge in [-0.1, -0.05) is 13.0 Å². The minimum atomic E-state index is -0.114. The summed E-state index contributed by atoms with van der Waals surface area (Å²) in [5.74, 6) is -0.224. The number of benzene rings is 1. The molecule has 3 heteroatoms. The average Bonchev–Trinajstić information content (AvgIpc) is 2.08. The molecule has 0 saturated heterocycles. The highest BCUT2D eigenvalue weighted by Gasteiger charge is 2.05. The molecule has 0 unspecified atom stereocenters. The second kappa shape index (κ2) is 3.45. The van der Waals surface area contributed by atoms with Crippen LogP contribution in [0, 0.1) is 0 Å². The van der Waals surface area contributed by atoms with E-state index in [0.717, 1.165) is 12.0 Å². The number of nitrogens with two attached hydrogens (primary N) is 1. The van der Waals surface area contributed by atoms with E-state index in [1.54, 1.807) is 6.07 Å². The fourth-order valence-corrected chi connectivity index (χ4v) is 1.01. The average molecular weight is 167 g/mol. The Labute approximate surface area is 71.5 Å². The topological polar surface area (TPSA) is 66.5 Å². The third-order valence-corrected chi connectivity index (χ3v) is 1.87. The van der Waals surface area contributed by atoms with Crippen molar-refractivity contribution < 1.29 is 10.2 Å². The summed E-state index contributed by atoms with van der Waals surface area (Å²) in [5.41, 5.74) is 6.56. The molecule has 0 aliphatic heterocycles. The molecule has 66 valence electrons. The number of aromatic hydroxyl groups is 2. The van der Waals surface area contributed by atoms with Gasteiger partial charge in [0.05, 0.1) is 0 Å². The molecule has 0 aliphatic carbocycles. The Hall–Kier alpha value is -1.22. The zero-order valence-electron chi connectivity index (χ0n) is 6.99. The quantitative estimate of drug-likeness (QED) is 0.585. The van der Waals surface area contributed by atoms with E-state index < -0.39 is 0 Å². The summed E-state index contributed by atoms with van der Waals surface area (Å²) >= 11 is 0. The van der Waals surface area contributed by atoms with Crippen LogP contribution < -0.4 is 5.73 Å². The zero-order valence-corrected chi connectivity index (χ0v) is 6.99. The highest BCUT2D eigenvalue weighted by Crippen LogP contribution is 2.27. The van der Waals surface area contributed by atoms with Crippen molar-refractivity contribution in [1.82, 2.24) is 0 Å². The van der Waals surface area contributed by atoms with Gasteiger partial charge in [0, 0.05) is 6.04 Å². The van der Waals surface area contributed by atoms with Gasteiger partial charge in [-0.2, -0.15) is 0 Å². The summed E-state index contributed by atoms with van der Waals surface area (Å²) in [7, 11) is 0. The van der Waals surface area contributed by atoms with Gasteiger partial charge < -0.3 is 15.9 Å². The number of rotatable bonds is 2. The lowest BCUT2D eigenvalue weighted by Gasteiger charge is -2.09. The van der Waals surface area contributed by atoms with Gasteiger partial charge in [-0.25, -0.2) is 0 Å². The van der Waals surface area contributed by atoms with E-state index >= 15 is 0 Å². The van der Waals surface area contributed by atoms with Gasteiger partial charge >= 0.3 is 0 Å². The highest BCUT2D eigenvalue weighted by atomic mass is 16.3. The Morgan fingerprint density at radius 3 is 2.50 bits per heavy atom. The molecule has 0 saturated carbocycles. The molecule has 0 bridgehead atoms. The van der Waals surface area contributed by atoms with Crippen molar-refractivity contribution in [3.05, 3.63) is 23.8 Å². The summed E-state index contributed by atoms with van der Waals surface area (Å²) in [5, 5.41) is 18.1. The van der Waals surface area contributed by atoms with Crippen LogP contribution in [-0.4, -0.2) is 10.2 Å². The van der Waals surface area contributed by atoms with Crippen LogP contribution in [0.2, 0.25) is 0 Å². The number of phenols is 2. The molecular formula is C9H13NO2. The first-order chi connectivity index (χ1) is 5.65. The molecule has 0 heterocycles. The Kier molecular flexibility index (Phi) is 2.55. The first kappa shape index (κ1) is 8.87. The zero-order chi connectivity index (χ0) is 9.14. The first-order valence-electron chi connectivity index (χ1n) is 3.92. The van der Waals surface area contributed by atoms with Crippen molar-refractivity contribution in [3.8, 4) is 11.5 Å². The highest BCUT2D eigenvalue weighted by molar-refractivity contribution is 5.41. The van der Waals surface area contributed by atoms with Gasteiger partial charge in [-0.15, -0.1) is 0 Å². The second-order valence-electron chi connectivity index (χ2n) is 2.76. The van der Waals surface area contributed by atoms with Crippen molar-refractivity contribution in [2.24, 2.45) is 5.73 Å². The Morgan fingerprint density at radius 2 is 2.00 bits per heavy atom. The lowest BCUT2D eigenvalue weighted by molar-refractivity contribution is 0.402. The molecule has 1 rings (SSSR count). The van der Waals surface area contributed by atoms with Crippen LogP contribution in [0.15, 0.2) is 18.2 Å². The summed E-state index contributed by atoms with van der Waals surface area (Å²) in [6, 6.07) is 4.57. The van der Waals surface area contributed by atoms with E-state index in [1.165, 1.54) is 12.1 Å². The summed E-state index contributed by atoms with van der Waals surface area (Å²) in [6.07, 6.45) is 0.810. The minimum absolute atomic E-state index is 0.0727. The summed E-state index contributed by atoms with van der Waals surface area (Å²) < 4.78 is 0. The first-order valence-corrected chi connectivity index (χ1v) is 3.92. The van der Waals surface area contributed by atoms with Crippen molar-refractivity contribution in [2.75, 3.05) is 0 Å². The Bertz CT molecular complexity index is 273. The molecule has 1 aromatic rings. The summed E-state index contributed by atoms with van der Waals surface area (Å²) in [6.45, 7) is 1.97. The molecule has 1 atom stereocenters. The van der Waals surface area contributed by atoms with E-state index in [1.807, 2.05) is 6.92 Å². The van der Waals surface area contributed by atoms with E-state index in [-0.39, 0.29) is 17.5 Å². The molecule has 1 aromatic carbocycles. The number of phenolic OH excluding ortho intramolecular Hbond substituents is 2. The van der Waals surface area contributed by atoms with Gasteiger partial charge in [-0.05, 0) is 24.1 Å². The van der Waals surface area contributed by atoms with Crippen molar-refractivity contribution in [3.63, 3.8) is 0 Å². The monoisotopic (exact) mass is 167 g/mol. The molecule has 12 heavy (non-hydrogen) atoms. The molecule has 0 aliphatic rings. The predicted molar refractivity (Wildman–Crippen MR) is 47.0 cm³/mol. The van der Waals surface area contributed by atoms with Crippen LogP contribution in [0.4, 0.5) is 0 Å². The molecule has 0 radical (unpaired) electrons. The molecular weight excluding hydrogens is 154 g/mol. The van der Waals surface area contributed by atoms with Crippen LogP contribution in [0.25, 0.3) is 0 Å². The maximum Gasteiger partial charge on any atom is 0.157 e. The normalized spacial score (nSPS) is 12.8. The van der Waals surface area contributed by atoms with Crippen molar-refractivity contribution >= 4 is 0 Å². The molecule has 3 nitrogen and oxygen atoms in total. The van der Waals surface area contributed by atoms with Crippen molar-refractivity contribution in [2.45, 2.75) is 19.4 Å². The molecule has 0 fully saturated rings. The lowest BCUT2D eigenvalue weighted by Crippen LogP contribution is -2.07. The van der Waals surface area contributed by atoms with Gasteiger partial charge in [0.15, 0.2) is 11.5 Å². The maximum atomic E-state index is 9.14. The van der Waals surface area contributed by atoms with E-state index in [4.69, 9.17) is 15.9 Å². The largest absolute Gasteiger partial charge is 0.504 e. The van der Waals surface area contributed by atoms with Crippen LogP contribution in [0.1, 0.15) is 24.9 Å². The van der Waals surface area contributed by atoms with Crippen molar-refractivity contribution in [1.29, 1.82) is 0 Å². The molecule has 0 spiro atoms. The second-order valence-corrected chi connectivity index (χ2v) is 2.76. The van der Waals surface area contributed by atoms with Crippen LogP contribution in [0.3, 0.4) is 0 Å². The standard InChI is InChI=1S/C9H13NO2/c1-2-7(10)6-3-4-8(11)9(12)5-6/h3-5,7,11-12H,2,10H2,1H3/t7-/m0/s1. The Morgan fingerprint density at radius 1 is 1.33 bits per heavy atom. The maximum absolute atomic E-state index is 9.14. The molecule has 0 aromatic heterocycles. The lowest BCUT2D eigenvalue weighted by atomic mass is 10.1. The Balaban J connectivity index is 2.96. The fraction of sp³-hybridized carbons (Fsp3) is 0.333.